The Bertz CT molecular complexity index is 1110. The summed E-state index contributed by atoms with van der Waals surface area (Å²) in [4.78, 5) is 19.6. The van der Waals surface area contributed by atoms with Crippen molar-refractivity contribution in [2.45, 2.75) is 13.8 Å². The number of hydrogen-bond donors (Lipinski definition) is 1. The summed E-state index contributed by atoms with van der Waals surface area (Å²) in [5.74, 6) is 0.416. The van der Waals surface area contributed by atoms with E-state index in [0.717, 1.165) is 22.5 Å². The van der Waals surface area contributed by atoms with Gasteiger partial charge in [0.15, 0.2) is 0 Å². The molecule has 0 aliphatic carbocycles. The molecular formula is C21H18N4O. The number of nitrogens with one attached hydrogen (secondary N) is 1. The summed E-state index contributed by atoms with van der Waals surface area (Å²) < 4.78 is 1.70. The molecule has 0 fully saturated rings. The maximum atomic E-state index is 12.2. The van der Waals surface area contributed by atoms with Crippen LogP contribution < -0.4 is 5.56 Å². The molecule has 0 spiro atoms. The molecule has 0 saturated heterocycles. The lowest BCUT2D eigenvalue weighted by Crippen LogP contribution is -2.18. The quantitative estimate of drug-likeness (QED) is 0.614. The Balaban J connectivity index is 1.96. The summed E-state index contributed by atoms with van der Waals surface area (Å²) in [6, 6.07) is 21.9. The molecule has 0 aliphatic heterocycles. The minimum Gasteiger partial charge on any atom is -0.291 e. The monoisotopic (exact) mass is 342 g/mol. The first-order valence-electron chi connectivity index (χ1n) is 8.42. The Morgan fingerprint density at radius 1 is 0.885 bits per heavy atom. The van der Waals surface area contributed by atoms with Gasteiger partial charge in [0, 0.05) is 22.4 Å². The van der Waals surface area contributed by atoms with Crippen LogP contribution in [-0.2, 0) is 0 Å². The summed E-state index contributed by atoms with van der Waals surface area (Å²) in [5.41, 5.74) is 4.87. The summed E-state index contributed by atoms with van der Waals surface area (Å²) >= 11 is 0. The van der Waals surface area contributed by atoms with Crippen molar-refractivity contribution < 1.29 is 0 Å². The van der Waals surface area contributed by atoms with E-state index in [-0.39, 0.29) is 5.56 Å². The third-order valence-corrected chi connectivity index (χ3v) is 4.43. The topological polar surface area (TPSA) is 63.6 Å². The molecule has 5 heteroatoms. The Hall–Kier alpha value is -3.47. The highest BCUT2D eigenvalue weighted by Crippen LogP contribution is 2.27. The van der Waals surface area contributed by atoms with Gasteiger partial charge in [-0.15, -0.1) is 0 Å². The fraction of sp³-hybridized carbons (Fsp3) is 0.0952. The largest absolute Gasteiger partial charge is 0.291 e. The van der Waals surface area contributed by atoms with Crippen molar-refractivity contribution in [2.24, 2.45) is 0 Å². The minimum atomic E-state index is -0.150. The number of aromatic amines is 1. The van der Waals surface area contributed by atoms with E-state index < -0.39 is 0 Å². The van der Waals surface area contributed by atoms with E-state index in [9.17, 15) is 4.79 Å². The number of aryl methyl sites for hydroxylation is 1. The number of hydrogen-bond acceptors (Lipinski definition) is 3. The standard InChI is InChI=1S/C21H18N4O/c1-14-15(2)22-21(23-20(14)26)25-19(17-11-7-4-8-12-17)13-18(24-25)16-9-5-3-6-10-16/h3-13H,1-2H3,(H,22,23,26). The maximum absolute atomic E-state index is 12.2. The Morgan fingerprint density at radius 3 is 2.12 bits per heavy atom. The lowest BCUT2D eigenvalue weighted by atomic mass is 10.1. The Labute approximate surface area is 151 Å². The van der Waals surface area contributed by atoms with Crippen LogP contribution in [0.15, 0.2) is 71.5 Å². The third kappa shape index (κ3) is 2.84. The van der Waals surface area contributed by atoms with Crippen molar-refractivity contribution in [1.82, 2.24) is 19.7 Å². The van der Waals surface area contributed by atoms with Gasteiger partial charge in [-0.05, 0) is 19.9 Å². The molecule has 0 atom stereocenters. The third-order valence-electron chi connectivity index (χ3n) is 4.43. The molecule has 1 N–H and O–H groups in total. The van der Waals surface area contributed by atoms with Gasteiger partial charge in [-0.3, -0.25) is 9.78 Å². The van der Waals surface area contributed by atoms with Crippen molar-refractivity contribution in [3.8, 4) is 28.5 Å². The van der Waals surface area contributed by atoms with Crippen LogP contribution in [0.4, 0.5) is 0 Å². The van der Waals surface area contributed by atoms with Gasteiger partial charge >= 0.3 is 0 Å². The van der Waals surface area contributed by atoms with E-state index >= 15 is 0 Å². The average Bonchev–Trinajstić information content (AvgIpc) is 3.12. The van der Waals surface area contributed by atoms with Crippen LogP contribution in [0.5, 0.6) is 0 Å². The number of rotatable bonds is 3. The molecule has 5 nitrogen and oxygen atoms in total. The first kappa shape index (κ1) is 16.0. The van der Waals surface area contributed by atoms with Crippen LogP contribution in [0.25, 0.3) is 28.5 Å². The molecule has 0 amide bonds. The second-order valence-electron chi connectivity index (χ2n) is 6.16. The lowest BCUT2D eigenvalue weighted by Gasteiger charge is -2.08. The van der Waals surface area contributed by atoms with E-state index in [1.54, 1.807) is 11.6 Å². The van der Waals surface area contributed by atoms with Gasteiger partial charge in [-0.2, -0.15) is 9.78 Å². The minimum absolute atomic E-state index is 0.150. The zero-order valence-electron chi connectivity index (χ0n) is 14.6. The predicted octanol–water partition coefficient (Wildman–Crippen LogP) is 3.91. The normalized spacial score (nSPS) is 10.8. The highest BCUT2D eigenvalue weighted by Gasteiger charge is 2.15. The average molecular weight is 342 g/mol. The molecule has 0 radical (unpaired) electrons. The first-order valence-corrected chi connectivity index (χ1v) is 8.42. The number of nitrogens with zero attached hydrogens (tertiary/aromatic N) is 3. The van der Waals surface area contributed by atoms with Gasteiger partial charge in [0.1, 0.15) is 0 Å². The van der Waals surface area contributed by atoms with E-state index in [2.05, 4.69) is 9.97 Å². The molecular weight excluding hydrogens is 324 g/mol. The lowest BCUT2D eigenvalue weighted by molar-refractivity contribution is 0.797. The van der Waals surface area contributed by atoms with Crippen molar-refractivity contribution >= 4 is 0 Å². The van der Waals surface area contributed by atoms with Gasteiger partial charge in [-0.1, -0.05) is 60.7 Å². The second kappa shape index (κ2) is 6.44. The Morgan fingerprint density at radius 2 is 1.50 bits per heavy atom. The summed E-state index contributed by atoms with van der Waals surface area (Å²) in [5, 5.41) is 4.72. The first-order chi connectivity index (χ1) is 12.6. The molecule has 2 aromatic heterocycles. The van der Waals surface area contributed by atoms with E-state index in [4.69, 9.17) is 5.10 Å². The van der Waals surface area contributed by atoms with Crippen LogP contribution in [0.2, 0.25) is 0 Å². The number of benzene rings is 2. The van der Waals surface area contributed by atoms with Crippen LogP contribution in [-0.4, -0.2) is 19.7 Å². The molecule has 4 aromatic rings. The summed E-state index contributed by atoms with van der Waals surface area (Å²) in [6.45, 7) is 3.60. The second-order valence-corrected chi connectivity index (χ2v) is 6.16. The van der Waals surface area contributed by atoms with Gasteiger partial charge in [0.25, 0.3) is 5.56 Å². The zero-order chi connectivity index (χ0) is 18.1. The molecule has 0 saturated carbocycles. The molecule has 2 aromatic carbocycles. The van der Waals surface area contributed by atoms with E-state index in [0.29, 0.717) is 17.2 Å². The van der Waals surface area contributed by atoms with Crippen LogP contribution in [0.3, 0.4) is 0 Å². The van der Waals surface area contributed by atoms with Gasteiger partial charge in [-0.25, -0.2) is 4.98 Å². The fourth-order valence-corrected chi connectivity index (χ4v) is 2.84. The summed E-state index contributed by atoms with van der Waals surface area (Å²) in [6.07, 6.45) is 0. The van der Waals surface area contributed by atoms with Crippen molar-refractivity contribution in [2.75, 3.05) is 0 Å². The van der Waals surface area contributed by atoms with E-state index in [1.165, 1.54) is 0 Å². The van der Waals surface area contributed by atoms with Crippen LogP contribution in [0.1, 0.15) is 11.3 Å². The molecule has 0 aliphatic rings. The molecule has 0 bridgehead atoms. The van der Waals surface area contributed by atoms with Gasteiger partial charge in [0.05, 0.1) is 11.4 Å². The van der Waals surface area contributed by atoms with E-state index in [1.807, 2.05) is 73.7 Å². The summed E-state index contributed by atoms with van der Waals surface area (Å²) in [7, 11) is 0. The number of H-pyrrole nitrogens is 1. The maximum Gasteiger partial charge on any atom is 0.255 e. The van der Waals surface area contributed by atoms with Gasteiger partial charge < -0.3 is 0 Å². The van der Waals surface area contributed by atoms with Crippen molar-refractivity contribution in [3.05, 3.63) is 88.3 Å². The number of aromatic nitrogens is 4. The molecule has 128 valence electrons. The molecule has 0 unspecified atom stereocenters. The van der Waals surface area contributed by atoms with Gasteiger partial charge in [0.2, 0.25) is 5.95 Å². The smallest absolute Gasteiger partial charge is 0.255 e. The highest BCUT2D eigenvalue weighted by atomic mass is 16.1. The Kier molecular flexibility index (Phi) is 3.97. The predicted molar refractivity (Wildman–Crippen MR) is 102 cm³/mol. The molecule has 4 rings (SSSR count). The van der Waals surface area contributed by atoms with Crippen molar-refractivity contribution in [3.63, 3.8) is 0 Å². The zero-order valence-corrected chi connectivity index (χ0v) is 14.6. The highest BCUT2D eigenvalue weighted by molar-refractivity contribution is 5.69. The van der Waals surface area contributed by atoms with Crippen LogP contribution >= 0.6 is 0 Å². The molecule has 2 heterocycles. The van der Waals surface area contributed by atoms with Crippen molar-refractivity contribution in [1.29, 1.82) is 0 Å². The SMILES string of the molecule is Cc1nc(-n2nc(-c3ccccc3)cc2-c2ccccc2)[nH]c(=O)c1C. The fourth-order valence-electron chi connectivity index (χ4n) is 2.84. The van der Waals surface area contributed by atoms with Crippen LogP contribution in [0, 0.1) is 13.8 Å². The molecule has 26 heavy (non-hydrogen) atoms.